The molecule has 1 amide bonds. The van der Waals surface area contributed by atoms with Crippen LogP contribution >= 0.6 is 0 Å². The van der Waals surface area contributed by atoms with Gasteiger partial charge in [-0.15, -0.1) is 0 Å². The minimum Gasteiger partial charge on any atom is -0.336 e. The largest absolute Gasteiger partial charge is 0.416 e. The van der Waals surface area contributed by atoms with Crippen LogP contribution in [-0.4, -0.2) is 51.9 Å². The van der Waals surface area contributed by atoms with Crippen LogP contribution in [0.25, 0.3) is 0 Å². The number of hydrogen-bond acceptors (Lipinski definition) is 4. The average molecular weight is 364 g/mol. The molecule has 138 valence electrons. The Hall–Kier alpha value is -2.48. The predicted octanol–water partition coefficient (Wildman–Crippen LogP) is 2.84. The number of amides is 1. The van der Waals surface area contributed by atoms with Gasteiger partial charge in [0.15, 0.2) is 0 Å². The van der Waals surface area contributed by atoms with Crippen LogP contribution in [-0.2, 0) is 12.7 Å². The Labute approximate surface area is 149 Å². The highest BCUT2D eigenvalue weighted by atomic mass is 19.4. The van der Waals surface area contributed by atoms with Crippen molar-refractivity contribution in [1.29, 1.82) is 0 Å². The molecule has 1 aromatic carbocycles. The van der Waals surface area contributed by atoms with Crippen molar-refractivity contribution >= 4 is 5.91 Å². The van der Waals surface area contributed by atoms with Crippen molar-refractivity contribution < 1.29 is 18.0 Å². The van der Waals surface area contributed by atoms with E-state index in [9.17, 15) is 18.0 Å². The third kappa shape index (κ3) is 4.57. The number of alkyl halides is 3. The van der Waals surface area contributed by atoms with E-state index < -0.39 is 11.7 Å². The van der Waals surface area contributed by atoms with Gasteiger partial charge in [-0.3, -0.25) is 14.7 Å². The first-order valence-electron chi connectivity index (χ1n) is 8.37. The fourth-order valence-corrected chi connectivity index (χ4v) is 2.96. The summed E-state index contributed by atoms with van der Waals surface area (Å²) in [5.41, 5.74) is 0.508. The highest BCUT2D eigenvalue weighted by molar-refractivity contribution is 5.91. The van der Waals surface area contributed by atoms with E-state index in [2.05, 4.69) is 14.9 Å². The maximum absolute atomic E-state index is 12.6. The van der Waals surface area contributed by atoms with Crippen LogP contribution < -0.4 is 0 Å². The van der Waals surface area contributed by atoms with E-state index in [1.54, 1.807) is 4.90 Å². The molecule has 5 nitrogen and oxygen atoms in total. The Morgan fingerprint density at radius 2 is 1.81 bits per heavy atom. The summed E-state index contributed by atoms with van der Waals surface area (Å²) < 4.78 is 37.9. The van der Waals surface area contributed by atoms with Gasteiger partial charge in [0.1, 0.15) is 5.69 Å². The molecule has 8 heteroatoms. The summed E-state index contributed by atoms with van der Waals surface area (Å²) in [6, 6.07) is 5.24. The summed E-state index contributed by atoms with van der Waals surface area (Å²) in [5, 5.41) is 0. The van der Waals surface area contributed by atoms with Crippen LogP contribution in [0.5, 0.6) is 0 Å². The summed E-state index contributed by atoms with van der Waals surface area (Å²) in [6.45, 7) is 3.18. The molecule has 2 aromatic rings. The second kappa shape index (κ2) is 7.82. The van der Waals surface area contributed by atoms with Crippen molar-refractivity contribution in [2.75, 3.05) is 26.2 Å². The van der Waals surface area contributed by atoms with E-state index in [0.29, 0.717) is 31.9 Å². The number of rotatable bonds is 3. The van der Waals surface area contributed by atoms with Crippen molar-refractivity contribution in [3.05, 3.63) is 59.7 Å². The van der Waals surface area contributed by atoms with Gasteiger partial charge in [-0.25, -0.2) is 4.98 Å². The lowest BCUT2D eigenvalue weighted by molar-refractivity contribution is -0.137. The first-order chi connectivity index (χ1) is 12.4. The normalized spacial score (nSPS) is 16.3. The number of nitrogens with zero attached hydrogens (tertiary/aromatic N) is 4. The van der Waals surface area contributed by atoms with Gasteiger partial charge in [-0.2, -0.15) is 13.2 Å². The molecule has 0 saturated carbocycles. The number of carbonyl (C=O) groups is 1. The van der Waals surface area contributed by atoms with Crippen molar-refractivity contribution in [3.63, 3.8) is 0 Å². The Bertz CT molecular complexity index is 734. The number of benzene rings is 1. The molecule has 1 aliphatic rings. The third-order valence-electron chi connectivity index (χ3n) is 4.35. The molecule has 3 rings (SSSR count). The molecule has 26 heavy (non-hydrogen) atoms. The maximum Gasteiger partial charge on any atom is 0.416 e. The van der Waals surface area contributed by atoms with E-state index >= 15 is 0 Å². The van der Waals surface area contributed by atoms with Crippen molar-refractivity contribution in [2.45, 2.75) is 19.1 Å². The Morgan fingerprint density at radius 3 is 2.46 bits per heavy atom. The van der Waals surface area contributed by atoms with E-state index in [1.165, 1.54) is 30.7 Å². The lowest BCUT2D eigenvalue weighted by Crippen LogP contribution is -2.35. The van der Waals surface area contributed by atoms with E-state index in [0.717, 1.165) is 30.7 Å². The number of halogens is 3. The zero-order valence-electron chi connectivity index (χ0n) is 14.1. The van der Waals surface area contributed by atoms with E-state index in [1.807, 2.05) is 0 Å². The lowest BCUT2D eigenvalue weighted by Gasteiger charge is -2.22. The zero-order chi connectivity index (χ0) is 18.6. The highest BCUT2D eigenvalue weighted by Gasteiger charge is 2.30. The average Bonchev–Trinajstić information content (AvgIpc) is 2.87. The molecule has 1 aliphatic heterocycles. The summed E-state index contributed by atoms with van der Waals surface area (Å²) >= 11 is 0. The fourth-order valence-electron chi connectivity index (χ4n) is 2.96. The number of carbonyl (C=O) groups excluding carboxylic acids is 1. The van der Waals surface area contributed by atoms with Gasteiger partial charge in [0.25, 0.3) is 5.91 Å². The van der Waals surface area contributed by atoms with E-state index in [4.69, 9.17) is 0 Å². The molecule has 0 aliphatic carbocycles. The van der Waals surface area contributed by atoms with Gasteiger partial charge in [-0.1, -0.05) is 12.1 Å². The van der Waals surface area contributed by atoms with Gasteiger partial charge < -0.3 is 4.90 Å². The standard InChI is InChI=1S/C18H19F3N4O/c19-18(20,21)15-4-2-14(3-5-15)13-24-8-1-9-25(11-10-24)17(26)16-12-22-6-7-23-16/h2-7,12H,1,8-11,13H2. The van der Waals surface area contributed by atoms with Crippen LogP contribution in [0, 0.1) is 0 Å². The second-order valence-corrected chi connectivity index (χ2v) is 6.21. The van der Waals surface area contributed by atoms with Crippen LogP contribution in [0.2, 0.25) is 0 Å². The number of hydrogen-bond donors (Lipinski definition) is 0. The molecule has 1 saturated heterocycles. The minimum absolute atomic E-state index is 0.144. The first-order valence-corrected chi connectivity index (χ1v) is 8.37. The minimum atomic E-state index is -4.32. The molecular weight excluding hydrogens is 345 g/mol. The van der Waals surface area contributed by atoms with Crippen molar-refractivity contribution in [1.82, 2.24) is 19.8 Å². The van der Waals surface area contributed by atoms with Gasteiger partial charge in [0, 0.05) is 45.1 Å². The summed E-state index contributed by atoms with van der Waals surface area (Å²) in [7, 11) is 0. The van der Waals surface area contributed by atoms with Gasteiger partial charge in [-0.05, 0) is 24.1 Å². The fraction of sp³-hybridized carbons (Fsp3) is 0.389. The molecule has 2 heterocycles. The second-order valence-electron chi connectivity index (χ2n) is 6.21. The third-order valence-corrected chi connectivity index (χ3v) is 4.35. The van der Waals surface area contributed by atoms with Crippen LogP contribution in [0.1, 0.15) is 28.0 Å². The zero-order valence-corrected chi connectivity index (χ0v) is 14.1. The highest BCUT2D eigenvalue weighted by Crippen LogP contribution is 2.29. The summed E-state index contributed by atoms with van der Waals surface area (Å²) in [5.74, 6) is -0.144. The quantitative estimate of drug-likeness (QED) is 0.840. The molecular formula is C18H19F3N4O. The molecule has 0 atom stereocenters. The van der Waals surface area contributed by atoms with E-state index in [-0.39, 0.29) is 5.91 Å². The maximum atomic E-state index is 12.6. The Kier molecular flexibility index (Phi) is 5.51. The Balaban J connectivity index is 1.58. The monoisotopic (exact) mass is 364 g/mol. The first kappa shape index (κ1) is 18.3. The van der Waals surface area contributed by atoms with Gasteiger partial charge >= 0.3 is 6.18 Å². The van der Waals surface area contributed by atoms with Crippen molar-refractivity contribution in [3.8, 4) is 0 Å². The molecule has 0 unspecified atom stereocenters. The van der Waals surface area contributed by atoms with Crippen molar-refractivity contribution in [2.24, 2.45) is 0 Å². The summed E-state index contributed by atoms with van der Waals surface area (Å²) in [6.07, 6.45) is 0.940. The SMILES string of the molecule is O=C(c1cnccn1)N1CCCN(Cc2ccc(C(F)(F)F)cc2)CC1. The molecule has 1 fully saturated rings. The van der Waals surface area contributed by atoms with Gasteiger partial charge in [0.05, 0.1) is 11.8 Å². The predicted molar refractivity (Wildman–Crippen MR) is 89.3 cm³/mol. The molecule has 0 bridgehead atoms. The summed E-state index contributed by atoms with van der Waals surface area (Å²) in [4.78, 5) is 24.3. The molecule has 0 radical (unpaired) electrons. The van der Waals surface area contributed by atoms with Gasteiger partial charge in [0.2, 0.25) is 0 Å². The smallest absolute Gasteiger partial charge is 0.336 e. The molecule has 1 aromatic heterocycles. The molecule has 0 spiro atoms. The van der Waals surface area contributed by atoms with Crippen LogP contribution in [0.3, 0.4) is 0 Å². The van der Waals surface area contributed by atoms with Crippen LogP contribution in [0.4, 0.5) is 13.2 Å². The van der Waals surface area contributed by atoms with Crippen LogP contribution in [0.15, 0.2) is 42.9 Å². The number of aromatic nitrogens is 2. The molecule has 0 N–H and O–H groups in total. The topological polar surface area (TPSA) is 49.3 Å². The Morgan fingerprint density at radius 1 is 1.04 bits per heavy atom. The lowest BCUT2D eigenvalue weighted by atomic mass is 10.1.